The normalized spacial score (nSPS) is 23.4. The van der Waals surface area contributed by atoms with Gasteiger partial charge in [-0.25, -0.2) is 12.7 Å². The first-order valence-corrected chi connectivity index (χ1v) is 9.23. The lowest BCUT2D eigenvalue weighted by atomic mass is 9.90. The van der Waals surface area contributed by atoms with Crippen LogP contribution in [0.2, 0.25) is 0 Å². The van der Waals surface area contributed by atoms with Gasteiger partial charge < -0.3 is 0 Å². The summed E-state index contributed by atoms with van der Waals surface area (Å²) in [5, 5.41) is 0. The summed E-state index contributed by atoms with van der Waals surface area (Å²) in [6.07, 6.45) is 9.07. The summed E-state index contributed by atoms with van der Waals surface area (Å²) in [6, 6.07) is 0.316. The van der Waals surface area contributed by atoms with Crippen molar-refractivity contribution >= 4 is 10.0 Å². The van der Waals surface area contributed by atoms with E-state index in [9.17, 15) is 8.42 Å². The first-order chi connectivity index (χ1) is 8.97. The number of rotatable bonds is 8. The third kappa shape index (κ3) is 6.21. The molecule has 1 rings (SSSR count). The van der Waals surface area contributed by atoms with Crippen LogP contribution in [0.5, 0.6) is 0 Å². The molecule has 0 spiro atoms. The summed E-state index contributed by atoms with van der Waals surface area (Å²) in [5.41, 5.74) is 2.89. The van der Waals surface area contributed by atoms with Gasteiger partial charge in [0.15, 0.2) is 0 Å². The Morgan fingerprint density at radius 2 is 2.16 bits per heavy atom. The fourth-order valence-corrected chi connectivity index (χ4v) is 3.78. The Morgan fingerprint density at radius 3 is 2.74 bits per heavy atom. The van der Waals surface area contributed by atoms with Crippen LogP contribution in [0.4, 0.5) is 0 Å². The van der Waals surface area contributed by atoms with Crippen LogP contribution in [0.1, 0.15) is 51.9 Å². The van der Waals surface area contributed by atoms with E-state index in [1.54, 1.807) is 4.31 Å². The molecule has 0 saturated carbocycles. The fraction of sp³-hybridized carbons (Fsp3) is 1.00. The Morgan fingerprint density at radius 1 is 1.42 bits per heavy atom. The molecule has 5 nitrogen and oxygen atoms in total. The van der Waals surface area contributed by atoms with Crippen molar-refractivity contribution in [1.82, 2.24) is 9.73 Å². The monoisotopic (exact) mass is 291 g/mol. The zero-order valence-corrected chi connectivity index (χ0v) is 13.1. The van der Waals surface area contributed by atoms with E-state index in [4.69, 9.17) is 5.84 Å². The van der Waals surface area contributed by atoms with Crippen molar-refractivity contribution in [3.63, 3.8) is 0 Å². The lowest BCUT2D eigenvalue weighted by molar-refractivity contribution is 0.233. The maximum Gasteiger partial charge on any atom is 0.211 e. The highest BCUT2D eigenvalue weighted by molar-refractivity contribution is 7.88. The second-order valence-corrected chi connectivity index (χ2v) is 7.71. The largest absolute Gasteiger partial charge is 0.271 e. The minimum absolute atomic E-state index is 0.316. The Hall–Kier alpha value is -0.170. The van der Waals surface area contributed by atoms with Crippen LogP contribution in [0.3, 0.4) is 0 Å². The number of hydrazine groups is 1. The maximum absolute atomic E-state index is 11.6. The molecule has 1 saturated heterocycles. The summed E-state index contributed by atoms with van der Waals surface area (Å²) < 4.78 is 24.8. The van der Waals surface area contributed by atoms with Gasteiger partial charge >= 0.3 is 0 Å². The van der Waals surface area contributed by atoms with Crippen molar-refractivity contribution in [2.45, 2.75) is 57.9 Å². The lowest BCUT2D eigenvalue weighted by Crippen LogP contribution is -2.43. The molecular weight excluding hydrogens is 262 g/mol. The van der Waals surface area contributed by atoms with Gasteiger partial charge in [-0.1, -0.05) is 26.2 Å². The number of piperidine rings is 1. The van der Waals surface area contributed by atoms with Crippen molar-refractivity contribution in [1.29, 1.82) is 0 Å². The molecular formula is C13H29N3O2S. The minimum Gasteiger partial charge on any atom is -0.271 e. The molecule has 3 N–H and O–H groups in total. The van der Waals surface area contributed by atoms with Gasteiger partial charge in [0, 0.05) is 19.1 Å². The quantitative estimate of drug-likeness (QED) is 0.403. The Labute approximate surface area is 117 Å². The number of nitrogens with zero attached hydrogens (tertiary/aromatic N) is 1. The standard InChI is InChI=1S/C13H29N3O2S/c1-3-4-5-8-13(15-14)10-12-7-6-9-16(11-12)19(2,17)18/h12-13,15H,3-11,14H2,1-2H3. The van der Waals surface area contributed by atoms with E-state index in [0.29, 0.717) is 25.0 Å². The van der Waals surface area contributed by atoms with E-state index in [-0.39, 0.29) is 0 Å². The highest BCUT2D eigenvalue weighted by Gasteiger charge is 2.27. The van der Waals surface area contributed by atoms with Gasteiger partial charge in [0.1, 0.15) is 0 Å². The predicted octanol–water partition coefficient (Wildman–Crippen LogP) is 1.46. The van der Waals surface area contributed by atoms with E-state index in [2.05, 4.69) is 12.3 Å². The van der Waals surface area contributed by atoms with E-state index in [1.165, 1.54) is 25.5 Å². The molecule has 0 aromatic carbocycles. The molecule has 1 heterocycles. The summed E-state index contributed by atoms with van der Waals surface area (Å²) >= 11 is 0. The van der Waals surface area contributed by atoms with Crippen LogP contribution in [-0.4, -0.2) is 38.1 Å². The van der Waals surface area contributed by atoms with Crippen molar-refractivity contribution in [2.24, 2.45) is 11.8 Å². The predicted molar refractivity (Wildman–Crippen MR) is 79.0 cm³/mol. The van der Waals surface area contributed by atoms with Gasteiger partial charge in [0.2, 0.25) is 10.0 Å². The van der Waals surface area contributed by atoms with Crippen LogP contribution in [-0.2, 0) is 10.0 Å². The first kappa shape index (κ1) is 16.9. The Kier molecular flexibility index (Phi) is 7.28. The maximum atomic E-state index is 11.6. The number of nitrogens with two attached hydrogens (primary N) is 1. The first-order valence-electron chi connectivity index (χ1n) is 7.38. The zero-order valence-electron chi connectivity index (χ0n) is 12.3. The van der Waals surface area contributed by atoms with E-state index in [1.807, 2.05) is 0 Å². The molecule has 6 heteroatoms. The molecule has 19 heavy (non-hydrogen) atoms. The number of hydrogen-bond donors (Lipinski definition) is 2. The van der Waals surface area contributed by atoms with E-state index >= 15 is 0 Å². The molecule has 0 aromatic heterocycles. The van der Waals surface area contributed by atoms with Crippen molar-refractivity contribution in [2.75, 3.05) is 19.3 Å². The molecule has 1 aliphatic rings. The second-order valence-electron chi connectivity index (χ2n) is 5.72. The minimum atomic E-state index is -3.04. The third-order valence-corrected chi connectivity index (χ3v) is 5.23. The fourth-order valence-electron chi connectivity index (χ4n) is 2.83. The van der Waals surface area contributed by atoms with Crippen LogP contribution in [0, 0.1) is 5.92 Å². The summed E-state index contributed by atoms with van der Waals surface area (Å²) in [6.45, 7) is 3.52. The van der Waals surface area contributed by atoms with Crippen LogP contribution in [0.25, 0.3) is 0 Å². The molecule has 0 aliphatic carbocycles. The number of nitrogens with one attached hydrogen (secondary N) is 1. The molecule has 2 atom stereocenters. The SMILES string of the molecule is CCCCCC(CC1CCCN(S(C)(=O)=O)C1)NN. The Bertz CT molecular complexity index is 346. The van der Waals surface area contributed by atoms with Gasteiger partial charge in [-0.3, -0.25) is 11.3 Å². The van der Waals surface area contributed by atoms with Crippen LogP contribution in [0.15, 0.2) is 0 Å². The van der Waals surface area contributed by atoms with E-state index in [0.717, 1.165) is 25.7 Å². The second kappa shape index (κ2) is 8.19. The zero-order chi connectivity index (χ0) is 14.3. The number of sulfonamides is 1. The summed E-state index contributed by atoms with van der Waals surface area (Å²) in [7, 11) is -3.04. The summed E-state index contributed by atoms with van der Waals surface area (Å²) in [4.78, 5) is 0. The van der Waals surface area contributed by atoms with Gasteiger partial charge in [-0.15, -0.1) is 0 Å². The number of unbranched alkanes of at least 4 members (excludes halogenated alkanes) is 2. The average Bonchev–Trinajstić information content (AvgIpc) is 2.37. The van der Waals surface area contributed by atoms with Crippen LogP contribution >= 0.6 is 0 Å². The third-order valence-electron chi connectivity index (χ3n) is 3.96. The van der Waals surface area contributed by atoms with Gasteiger partial charge in [0.25, 0.3) is 0 Å². The molecule has 0 bridgehead atoms. The summed E-state index contributed by atoms with van der Waals surface area (Å²) in [5.74, 6) is 6.05. The molecule has 0 amide bonds. The highest BCUT2D eigenvalue weighted by atomic mass is 32.2. The molecule has 2 unspecified atom stereocenters. The van der Waals surface area contributed by atoms with Crippen LogP contribution < -0.4 is 11.3 Å². The average molecular weight is 291 g/mol. The van der Waals surface area contributed by atoms with Crippen molar-refractivity contribution < 1.29 is 8.42 Å². The van der Waals surface area contributed by atoms with Gasteiger partial charge in [0.05, 0.1) is 6.26 Å². The molecule has 1 aliphatic heterocycles. The van der Waals surface area contributed by atoms with Crippen molar-refractivity contribution in [3.05, 3.63) is 0 Å². The highest BCUT2D eigenvalue weighted by Crippen LogP contribution is 2.24. The van der Waals surface area contributed by atoms with E-state index < -0.39 is 10.0 Å². The topological polar surface area (TPSA) is 75.4 Å². The molecule has 1 fully saturated rings. The Balaban J connectivity index is 2.41. The molecule has 114 valence electrons. The van der Waals surface area contributed by atoms with Gasteiger partial charge in [-0.05, 0) is 31.6 Å². The number of hydrogen-bond acceptors (Lipinski definition) is 4. The van der Waals surface area contributed by atoms with Gasteiger partial charge in [-0.2, -0.15) is 0 Å². The smallest absolute Gasteiger partial charge is 0.211 e. The molecule has 0 aromatic rings. The lowest BCUT2D eigenvalue weighted by Gasteiger charge is -2.32. The molecule has 0 radical (unpaired) electrons. The van der Waals surface area contributed by atoms with Crippen molar-refractivity contribution in [3.8, 4) is 0 Å².